The van der Waals surface area contributed by atoms with Gasteiger partial charge in [-0.25, -0.2) is 4.79 Å². The van der Waals surface area contributed by atoms with Gasteiger partial charge in [-0.2, -0.15) is 5.10 Å². The predicted octanol–water partition coefficient (Wildman–Crippen LogP) is 0.504. The number of hydrogen-bond acceptors (Lipinski definition) is 3. The summed E-state index contributed by atoms with van der Waals surface area (Å²) in [5.41, 5.74) is 0.808. The Labute approximate surface area is 88.4 Å². The van der Waals surface area contributed by atoms with E-state index in [0.29, 0.717) is 6.54 Å². The van der Waals surface area contributed by atoms with Crippen LogP contribution in [0.25, 0.3) is 0 Å². The summed E-state index contributed by atoms with van der Waals surface area (Å²) in [6.07, 6.45) is 4.83. The van der Waals surface area contributed by atoms with Gasteiger partial charge in [0, 0.05) is 31.6 Å². The van der Waals surface area contributed by atoms with Gasteiger partial charge < -0.3 is 10.4 Å². The number of rotatable bonds is 6. The summed E-state index contributed by atoms with van der Waals surface area (Å²) in [6, 6.07) is 1.87. The van der Waals surface area contributed by atoms with E-state index in [2.05, 4.69) is 10.4 Å². The SMILES string of the molecule is C/C(=C/C(=O)O)CNCCn1cccn1. The molecule has 0 aliphatic rings. The third kappa shape index (κ3) is 4.97. The number of carbonyl (C=O) groups is 1. The van der Waals surface area contributed by atoms with E-state index in [0.717, 1.165) is 18.7 Å². The molecule has 2 N–H and O–H groups in total. The minimum Gasteiger partial charge on any atom is -0.478 e. The molecule has 5 nitrogen and oxygen atoms in total. The number of hydrogen-bond donors (Lipinski definition) is 2. The molecule has 0 aromatic carbocycles. The topological polar surface area (TPSA) is 67.2 Å². The number of carboxylic acid groups (broad SMARTS) is 1. The number of aromatic nitrogens is 2. The molecule has 0 aliphatic heterocycles. The highest BCUT2D eigenvalue weighted by molar-refractivity contribution is 5.80. The average Bonchev–Trinajstić information content (AvgIpc) is 2.63. The van der Waals surface area contributed by atoms with Crippen LogP contribution in [0.1, 0.15) is 6.92 Å². The monoisotopic (exact) mass is 209 g/mol. The molecular formula is C10H15N3O2. The molecule has 15 heavy (non-hydrogen) atoms. The Hall–Kier alpha value is -1.62. The molecule has 1 heterocycles. The maximum Gasteiger partial charge on any atom is 0.328 e. The molecule has 1 aromatic heterocycles. The zero-order chi connectivity index (χ0) is 11.1. The largest absolute Gasteiger partial charge is 0.478 e. The molecule has 0 unspecified atom stereocenters. The van der Waals surface area contributed by atoms with Crippen LogP contribution in [-0.2, 0) is 11.3 Å². The molecule has 0 spiro atoms. The Morgan fingerprint density at radius 3 is 3.07 bits per heavy atom. The maximum atomic E-state index is 10.3. The second-order valence-corrected chi connectivity index (χ2v) is 3.27. The fourth-order valence-corrected chi connectivity index (χ4v) is 1.17. The average molecular weight is 209 g/mol. The molecule has 0 aliphatic carbocycles. The number of aliphatic carboxylic acids is 1. The fraction of sp³-hybridized carbons (Fsp3) is 0.400. The lowest BCUT2D eigenvalue weighted by Gasteiger charge is -2.04. The Bertz CT molecular complexity index is 330. The summed E-state index contributed by atoms with van der Waals surface area (Å²) in [5, 5.41) is 15.7. The second-order valence-electron chi connectivity index (χ2n) is 3.27. The summed E-state index contributed by atoms with van der Waals surface area (Å²) in [7, 11) is 0. The maximum absolute atomic E-state index is 10.3. The van der Waals surface area contributed by atoms with Crippen molar-refractivity contribution in [1.29, 1.82) is 0 Å². The van der Waals surface area contributed by atoms with E-state index in [-0.39, 0.29) is 0 Å². The smallest absolute Gasteiger partial charge is 0.328 e. The molecule has 0 saturated heterocycles. The van der Waals surface area contributed by atoms with E-state index in [4.69, 9.17) is 5.11 Å². The van der Waals surface area contributed by atoms with Crippen LogP contribution in [0.2, 0.25) is 0 Å². The van der Waals surface area contributed by atoms with Crippen molar-refractivity contribution >= 4 is 5.97 Å². The van der Waals surface area contributed by atoms with Gasteiger partial charge in [-0.05, 0) is 13.0 Å². The molecule has 5 heteroatoms. The van der Waals surface area contributed by atoms with Crippen molar-refractivity contribution in [3.8, 4) is 0 Å². The Balaban J connectivity index is 2.14. The number of nitrogens with zero attached hydrogens (tertiary/aromatic N) is 2. The van der Waals surface area contributed by atoms with E-state index in [9.17, 15) is 4.79 Å². The molecule has 82 valence electrons. The van der Waals surface area contributed by atoms with Crippen molar-refractivity contribution in [1.82, 2.24) is 15.1 Å². The van der Waals surface area contributed by atoms with E-state index in [1.165, 1.54) is 6.08 Å². The van der Waals surface area contributed by atoms with Crippen LogP contribution in [0.3, 0.4) is 0 Å². The molecule has 0 fully saturated rings. The summed E-state index contributed by atoms with van der Waals surface area (Å²) in [4.78, 5) is 10.3. The standard InChI is InChI=1S/C10H15N3O2/c1-9(7-10(14)15)8-11-4-6-13-5-2-3-12-13/h2-3,5,7,11H,4,6,8H2,1H3,(H,14,15)/b9-7-. The first-order valence-corrected chi connectivity index (χ1v) is 4.77. The highest BCUT2D eigenvalue weighted by Crippen LogP contribution is 1.89. The van der Waals surface area contributed by atoms with Crippen LogP contribution in [0, 0.1) is 0 Å². The van der Waals surface area contributed by atoms with Crippen LogP contribution in [0.5, 0.6) is 0 Å². The minimum atomic E-state index is -0.902. The summed E-state index contributed by atoms with van der Waals surface area (Å²) >= 11 is 0. The third-order valence-electron chi connectivity index (χ3n) is 1.85. The third-order valence-corrected chi connectivity index (χ3v) is 1.85. The molecule has 0 radical (unpaired) electrons. The van der Waals surface area contributed by atoms with Crippen LogP contribution in [0.4, 0.5) is 0 Å². The van der Waals surface area contributed by atoms with Gasteiger partial charge in [-0.1, -0.05) is 5.57 Å². The molecule has 0 atom stereocenters. The number of carboxylic acids is 1. The summed E-state index contributed by atoms with van der Waals surface area (Å²) < 4.78 is 1.82. The van der Waals surface area contributed by atoms with Crippen molar-refractivity contribution in [3.05, 3.63) is 30.1 Å². The first-order valence-electron chi connectivity index (χ1n) is 4.77. The van der Waals surface area contributed by atoms with Crippen molar-refractivity contribution in [3.63, 3.8) is 0 Å². The van der Waals surface area contributed by atoms with Gasteiger partial charge in [0.1, 0.15) is 0 Å². The molecule has 1 rings (SSSR count). The van der Waals surface area contributed by atoms with Gasteiger partial charge in [0.25, 0.3) is 0 Å². The van der Waals surface area contributed by atoms with Gasteiger partial charge in [-0.3, -0.25) is 4.68 Å². The lowest BCUT2D eigenvalue weighted by atomic mass is 10.3. The molecule has 0 amide bonds. The summed E-state index contributed by atoms with van der Waals surface area (Å²) in [6.45, 7) is 3.93. The Morgan fingerprint density at radius 1 is 1.67 bits per heavy atom. The van der Waals surface area contributed by atoms with Crippen LogP contribution < -0.4 is 5.32 Å². The zero-order valence-electron chi connectivity index (χ0n) is 8.68. The van der Waals surface area contributed by atoms with E-state index >= 15 is 0 Å². The molecular weight excluding hydrogens is 194 g/mol. The van der Waals surface area contributed by atoms with E-state index < -0.39 is 5.97 Å². The van der Waals surface area contributed by atoms with Gasteiger partial charge in [0.05, 0.1) is 6.54 Å². The first kappa shape index (κ1) is 11.5. The highest BCUT2D eigenvalue weighted by atomic mass is 16.4. The quantitative estimate of drug-likeness (QED) is 0.529. The van der Waals surface area contributed by atoms with Crippen LogP contribution in [-0.4, -0.2) is 33.9 Å². The van der Waals surface area contributed by atoms with Crippen molar-refractivity contribution < 1.29 is 9.90 Å². The first-order chi connectivity index (χ1) is 7.18. The van der Waals surface area contributed by atoms with Crippen LogP contribution in [0.15, 0.2) is 30.1 Å². The van der Waals surface area contributed by atoms with Gasteiger partial charge in [-0.15, -0.1) is 0 Å². The molecule has 0 saturated carbocycles. The van der Waals surface area contributed by atoms with Crippen molar-refractivity contribution in [2.24, 2.45) is 0 Å². The fourth-order valence-electron chi connectivity index (χ4n) is 1.17. The van der Waals surface area contributed by atoms with Gasteiger partial charge in [0.2, 0.25) is 0 Å². The Morgan fingerprint density at radius 2 is 2.47 bits per heavy atom. The van der Waals surface area contributed by atoms with Gasteiger partial charge >= 0.3 is 5.97 Å². The summed E-state index contributed by atoms with van der Waals surface area (Å²) in [5.74, 6) is -0.902. The van der Waals surface area contributed by atoms with E-state index in [1.54, 1.807) is 13.1 Å². The molecule has 0 bridgehead atoms. The molecule has 1 aromatic rings. The number of nitrogens with one attached hydrogen (secondary N) is 1. The van der Waals surface area contributed by atoms with Crippen molar-refractivity contribution in [2.75, 3.05) is 13.1 Å². The highest BCUT2D eigenvalue weighted by Gasteiger charge is 1.94. The second kappa shape index (κ2) is 5.98. The van der Waals surface area contributed by atoms with Crippen LogP contribution >= 0.6 is 0 Å². The Kier molecular flexibility index (Phi) is 4.56. The lowest BCUT2D eigenvalue weighted by Crippen LogP contribution is -2.22. The minimum absolute atomic E-state index is 0.591. The van der Waals surface area contributed by atoms with Gasteiger partial charge in [0.15, 0.2) is 0 Å². The van der Waals surface area contributed by atoms with E-state index in [1.807, 2.05) is 16.9 Å². The lowest BCUT2D eigenvalue weighted by molar-refractivity contribution is -0.131. The van der Waals surface area contributed by atoms with Crippen molar-refractivity contribution in [2.45, 2.75) is 13.5 Å². The predicted molar refractivity (Wildman–Crippen MR) is 56.5 cm³/mol. The zero-order valence-corrected chi connectivity index (χ0v) is 8.68. The normalized spacial score (nSPS) is 11.7.